The van der Waals surface area contributed by atoms with Crippen molar-refractivity contribution in [2.45, 2.75) is 13.0 Å². The van der Waals surface area contributed by atoms with E-state index >= 15 is 0 Å². The van der Waals surface area contributed by atoms with E-state index in [0.717, 1.165) is 0 Å². The van der Waals surface area contributed by atoms with E-state index in [1.807, 2.05) is 0 Å². The molecule has 1 unspecified atom stereocenters. The smallest absolute Gasteiger partial charge is 0.355 e. The molecule has 1 atom stereocenters. The van der Waals surface area contributed by atoms with Crippen LogP contribution >= 0.6 is 0 Å². The number of hydrogen-bond donors (Lipinski definition) is 1. The number of nitrogens with one attached hydrogen (secondary N) is 1. The topological polar surface area (TPSA) is 94.2 Å². The van der Waals surface area contributed by atoms with Gasteiger partial charge in [0.05, 0.1) is 25.5 Å². The van der Waals surface area contributed by atoms with E-state index in [-0.39, 0.29) is 17.2 Å². The highest BCUT2D eigenvalue weighted by Crippen LogP contribution is 2.36. The van der Waals surface area contributed by atoms with E-state index in [9.17, 15) is 14.4 Å². The summed E-state index contributed by atoms with van der Waals surface area (Å²) in [7, 11) is 2.46. The number of ether oxygens (including phenoxy) is 3. The van der Waals surface area contributed by atoms with Gasteiger partial charge in [0.15, 0.2) is 6.10 Å². The van der Waals surface area contributed by atoms with E-state index in [4.69, 9.17) is 14.2 Å². The van der Waals surface area contributed by atoms with Crippen LogP contribution in [0.1, 0.15) is 6.92 Å². The van der Waals surface area contributed by atoms with Crippen LogP contribution in [0.25, 0.3) is 0 Å². The average Bonchev–Trinajstić information content (AvgIpc) is 2.90. The van der Waals surface area contributed by atoms with E-state index in [2.05, 4.69) is 5.32 Å². The summed E-state index contributed by atoms with van der Waals surface area (Å²) >= 11 is 0. The summed E-state index contributed by atoms with van der Waals surface area (Å²) in [6.45, 7) is 1.63. The average molecular weight is 370 g/mol. The maximum Gasteiger partial charge on any atom is 0.355 e. The lowest BCUT2D eigenvalue weighted by molar-refractivity contribution is -0.139. The third kappa shape index (κ3) is 3.41. The number of allylic oxidation sites excluding steroid dienone is 2. The van der Waals surface area contributed by atoms with Crippen molar-refractivity contribution in [3.63, 3.8) is 0 Å². The fourth-order valence-electron chi connectivity index (χ4n) is 2.71. The molecule has 8 nitrogen and oxygen atoms in total. The zero-order chi connectivity index (χ0) is 19.6. The number of amides is 1. The number of carbonyl (C=O) groups is 3. The van der Waals surface area contributed by atoms with Gasteiger partial charge in [0.2, 0.25) is 0 Å². The van der Waals surface area contributed by atoms with E-state index in [1.54, 1.807) is 43.5 Å². The molecule has 3 rings (SSSR count). The molecule has 0 saturated carbocycles. The minimum Gasteiger partial charge on any atom is -0.479 e. The molecule has 1 N–H and O–H groups in total. The van der Waals surface area contributed by atoms with Crippen LogP contribution in [0.4, 0.5) is 11.4 Å². The predicted octanol–water partition coefficient (Wildman–Crippen LogP) is 1.90. The van der Waals surface area contributed by atoms with Crippen molar-refractivity contribution in [1.29, 1.82) is 0 Å². The molecule has 1 aromatic rings. The number of benzene rings is 1. The van der Waals surface area contributed by atoms with E-state index in [0.29, 0.717) is 17.1 Å². The first-order valence-electron chi connectivity index (χ1n) is 8.13. The van der Waals surface area contributed by atoms with Crippen molar-refractivity contribution in [3.8, 4) is 5.75 Å². The normalized spacial score (nSPS) is 18.3. The number of rotatable bonds is 3. The third-order valence-electron chi connectivity index (χ3n) is 4.06. The summed E-state index contributed by atoms with van der Waals surface area (Å²) in [5, 5.41) is 2.74. The molecular weight excluding hydrogens is 352 g/mol. The van der Waals surface area contributed by atoms with Crippen LogP contribution in [0.3, 0.4) is 0 Å². The Bertz CT molecular complexity index is 899. The first-order chi connectivity index (χ1) is 13.0. The molecule has 140 valence electrons. The summed E-state index contributed by atoms with van der Waals surface area (Å²) < 4.78 is 15.3. The van der Waals surface area contributed by atoms with Gasteiger partial charge >= 0.3 is 11.9 Å². The molecule has 2 aliphatic rings. The Kier molecular flexibility index (Phi) is 4.98. The van der Waals surface area contributed by atoms with Crippen LogP contribution in [0.15, 0.2) is 53.9 Å². The highest BCUT2D eigenvalue weighted by atomic mass is 16.5. The lowest BCUT2D eigenvalue weighted by Crippen LogP contribution is -2.34. The summed E-state index contributed by atoms with van der Waals surface area (Å²) in [4.78, 5) is 37.8. The summed E-state index contributed by atoms with van der Waals surface area (Å²) in [5.41, 5.74) is 1.12. The lowest BCUT2D eigenvalue weighted by atomic mass is 10.1. The van der Waals surface area contributed by atoms with Gasteiger partial charge in [-0.25, -0.2) is 9.59 Å². The van der Waals surface area contributed by atoms with Gasteiger partial charge in [-0.2, -0.15) is 0 Å². The van der Waals surface area contributed by atoms with Crippen LogP contribution in [-0.2, 0) is 23.9 Å². The van der Waals surface area contributed by atoms with Crippen molar-refractivity contribution >= 4 is 29.2 Å². The SMILES string of the molecule is COC(=O)C1=C(C(=O)OC)N(c2ccc3c(c2)OC(C)C(=O)N3)C=CC=C1. The monoisotopic (exact) mass is 370 g/mol. The van der Waals surface area contributed by atoms with Gasteiger partial charge in [-0.15, -0.1) is 0 Å². The fraction of sp³-hybridized carbons (Fsp3) is 0.211. The molecule has 0 saturated heterocycles. The highest BCUT2D eigenvalue weighted by Gasteiger charge is 2.29. The molecule has 2 heterocycles. The maximum atomic E-state index is 12.4. The Labute approximate surface area is 155 Å². The Hall–Kier alpha value is -3.55. The second-order valence-corrected chi connectivity index (χ2v) is 5.75. The molecule has 0 fully saturated rings. The number of fused-ring (bicyclic) bond motifs is 1. The van der Waals surface area contributed by atoms with Gasteiger partial charge in [0, 0.05) is 18.0 Å². The van der Waals surface area contributed by atoms with Gasteiger partial charge in [-0.05, 0) is 31.2 Å². The van der Waals surface area contributed by atoms with Crippen LogP contribution in [-0.4, -0.2) is 38.2 Å². The number of anilines is 2. The molecule has 0 bridgehead atoms. The van der Waals surface area contributed by atoms with Crippen molar-refractivity contribution in [1.82, 2.24) is 0 Å². The van der Waals surface area contributed by atoms with Crippen molar-refractivity contribution in [2.75, 3.05) is 24.4 Å². The Morgan fingerprint density at radius 1 is 1.15 bits per heavy atom. The Balaban J connectivity index is 2.11. The molecule has 0 aliphatic carbocycles. The van der Waals surface area contributed by atoms with Crippen molar-refractivity contribution in [3.05, 3.63) is 53.9 Å². The van der Waals surface area contributed by atoms with Crippen molar-refractivity contribution in [2.24, 2.45) is 0 Å². The summed E-state index contributed by atoms with van der Waals surface area (Å²) in [6, 6.07) is 5.01. The molecule has 0 spiro atoms. The number of hydrogen-bond acceptors (Lipinski definition) is 7. The minimum absolute atomic E-state index is 0.00203. The van der Waals surface area contributed by atoms with Gasteiger partial charge in [-0.1, -0.05) is 6.08 Å². The molecule has 0 radical (unpaired) electrons. The van der Waals surface area contributed by atoms with Crippen LogP contribution in [0, 0.1) is 0 Å². The standard InChI is InChI=1S/C19H18N2O6/c1-11-17(22)20-14-8-7-12(10-15(14)27-11)21-9-5-4-6-13(18(23)25-2)16(21)19(24)26-3/h4-11H,1-3H3,(H,20,22). The number of methoxy groups -OCH3 is 2. The second-order valence-electron chi connectivity index (χ2n) is 5.75. The van der Waals surface area contributed by atoms with Crippen LogP contribution in [0.2, 0.25) is 0 Å². The Morgan fingerprint density at radius 2 is 1.89 bits per heavy atom. The van der Waals surface area contributed by atoms with Crippen LogP contribution < -0.4 is 15.0 Å². The maximum absolute atomic E-state index is 12.4. The van der Waals surface area contributed by atoms with Gasteiger partial charge in [-0.3, -0.25) is 4.79 Å². The quantitative estimate of drug-likeness (QED) is 0.812. The number of nitrogens with zero attached hydrogens (tertiary/aromatic N) is 1. The minimum atomic E-state index is -0.702. The molecule has 2 aliphatic heterocycles. The second kappa shape index (κ2) is 7.36. The summed E-state index contributed by atoms with van der Waals surface area (Å²) in [5.74, 6) is -1.16. The van der Waals surface area contributed by atoms with Gasteiger partial charge < -0.3 is 24.4 Å². The lowest BCUT2D eigenvalue weighted by Gasteiger charge is -2.27. The molecule has 8 heteroatoms. The van der Waals surface area contributed by atoms with Crippen molar-refractivity contribution < 1.29 is 28.6 Å². The van der Waals surface area contributed by atoms with E-state index < -0.39 is 18.0 Å². The molecule has 1 amide bonds. The molecular formula is C19H18N2O6. The van der Waals surface area contributed by atoms with Gasteiger partial charge in [0.1, 0.15) is 11.4 Å². The first kappa shape index (κ1) is 18.2. The molecule has 1 aromatic carbocycles. The first-order valence-corrected chi connectivity index (χ1v) is 8.13. The van der Waals surface area contributed by atoms with Gasteiger partial charge in [0.25, 0.3) is 5.91 Å². The molecule has 0 aromatic heterocycles. The fourth-order valence-corrected chi connectivity index (χ4v) is 2.71. The van der Waals surface area contributed by atoms with Crippen LogP contribution in [0.5, 0.6) is 5.75 Å². The number of carbonyl (C=O) groups excluding carboxylic acids is 3. The third-order valence-corrected chi connectivity index (χ3v) is 4.06. The zero-order valence-electron chi connectivity index (χ0n) is 15.0. The largest absolute Gasteiger partial charge is 0.479 e. The van der Waals surface area contributed by atoms with E-state index in [1.165, 1.54) is 25.2 Å². The zero-order valence-corrected chi connectivity index (χ0v) is 15.0. The predicted molar refractivity (Wildman–Crippen MR) is 97.0 cm³/mol. The highest BCUT2D eigenvalue weighted by molar-refractivity contribution is 6.05. The summed E-state index contributed by atoms with van der Waals surface area (Å²) in [6.07, 6.45) is 5.74. The number of esters is 2. The Morgan fingerprint density at radius 3 is 2.59 bits per heavy atom. The molecule has 27 heavy (non-hydrogen) atoms.